The van der Waals surface area contributed by atoms with E-state index in [0.29, 0.717) is 17.7 Å². The van der Waals surface area contributed by atoms with Crippen LogP contribution in [0.5, 0.6) is 0 Å². The summed E-state index contributed by atoms with van der Waals surface area (Å²) in [4.78, 5) is 6.78. The van der Waals surface area contributed by atoms with E-state index in [0.717, 1.165) is 32.0 Å². The average molecular weight is 219 g/mol. The summed E-state index contributed by atoms with van der Waals surface area (Å²) in [6, 6.07) is 4.03. The monoisotopic (exact) mass is 219 g/mol. The van der Waals surface area contributed by atoms with Crippen LogP contribution in [0.1, 0.15) is 17.2 Å². The maximum atomic E-state index is 5.75. The minimum Gasteiger partial charge on any atom is -0.384 e. The van der Waals surface area contributed by atoms with Crippen molar-refractivity contribution in [2.24, 2.45) is 5.92 Å². The van der Waals surface area contributed by atoms with Crippen LogP contribution in [-0.2, 0) is 11.3 Å². The summed E-state index contributed by atoms with van der Waals surface area (Å²) >= 11 is 0. The molecule has 2 N–H and O–H groups in total. The topological polar surface area (TPSA) is 51.4 Å². The van der Waals surface area contributed by atoms with Gasteiger partial charge in [-0.2, -0.15) is 0 Å². The van der Waals surface area contributed by atoms with Crippen LogP contribution in [0, 0.1) is 5.92 Å². The number of rotatable bonds is 0. The Labute approximate surface area is 95.4 Å². The second-order valence-corrected chi connectivity index (χ2v) is 4.87. The first-order chi connectivity index (χ1) is 7.74. The van der Waals surface area contributed by atoms with E-state index in [-0.39, 0.29) is 0 Å². The molecule has 0 aromatic carbocycles. The Morgan fingerprint density at radius 3 is 3.19 bits per heavy atom. The molecule has 3 rings (SSSR count). The molecule has 1 aromatic heterocycles. The van der Waals surface area contributed by atoms with Crippen LogP contribution in [0.2, 0.25) is 0 Å². The van der Waals surface area contributed by atoms with Crippen LogP contribution in [0.15, 0.2) is 12.1 Å². The molecule has 4 heteroatoms. The third kappa shape index (κ3) is 1.58. The Hall–Kier alpha value is -1.13. The largest absolute Gasteiger partial charge is 0.384 e. The van der Waals surface area contributed by atoms with Gasteiger partial charge in [-0.15, -0.1) is 0 Å². The molecule has 1 fully saturated rings. The van der Waals surface area contributed by atoms with Crippen LogP contribution in [0.4, 0.5) is 5.82 Å². The van der Waals surface area contributed by atoms with Gasteiger partial charge in [-0.25, -0.2) is 4.98 Å². The van der Waals surface area contributed by atoms with Gasteiger partial charge in [0, 0.05) is 24.9 Å². The standard InChI is InChI=1S/C12H17N3O/c1-15-4-8-6-16-7-10(8)9-2-3-12(13)14-11(9)5-15/h2-3,8,10H,4-7H2,1H3,(H2,13,14). The lowest BCUT2D eigenvalue weighted by Crippen LogP contribution is -2.25. The number of nitrogen functional groups attached to an aromatic ring is 1. The van der Waals surface area contributed by atoms with Crippen molar-refractivity contribution in [2.75, 3.05) is 32.5 Å². The van der Waals surface area contributed by atoms with E-state index in [1.807, 2.05) is 6.07 Å². The van der Waals surface area contributed by atoms with Crippen molar-refractivity contribution in [1.82, 2.24) is 9.88 Å². The molecule has 86 valence electrons. The molecule has 3 heterocycles. The minimum absolute atomic E-state index is 0.507. The van der Waals surface area contributed by atoms with Crippen molar-refractivity contribution in [3.8, 4) is 0 Å². The van der Waals surface area contributed by atoms with Gasteiger partial charge in [-0.3, -0.25) is 0 Å². The highest BCUT2D eigenvalue weighted by molar-refractivity contribution is 5.37. The van der Waals surface area contributed by atoms with Crippen molar-refractivity contribution in [2.45, 2.75) is 12.5 Å². The highest BCUT2D eigenvalue weighted by atomic mass is 16.5. The molecule has 2 unspecified atom stereocenters. The number of fused-ring (bicyclic) bond motifs is 3. The Kier molecular flexibility index (Phi) is 2.33. The number of aromatic nitrogens is 1. The lowest BCUT2D eigenvalue weighted by molar-refractivity contribution is 0.171. The van der Waals surface area contributed by atoms with Gasteiger partial charge in [0.1, 0.15) is 5.82 Å². The van der Waals surface area contributed by atoms with Gasteiger partial charge < -0.3 is 15.4 Å². The van der Waals surface area contributed by atoms with Crippen molar-refractivity contribution in [3.63, 3.8) is 0 Å². The molecule has 1 aromatic rings. The van der Waals surface area contributed by atoms with E-state index in [9.17, 15) is 0 Å². The van der Waals surface area contributed by atoms with Crippen LogP contribution in [-0.4, -0.2) is 36.7 Å². The highest BCUT2D eigenvalue weighted by Crippen LogP contribution is 2.36. The molecule has 2 aliphatic rings. The normalized spacial score (nSPS) is 29.6. The quantitative estimate of drug-likeness (QED) is 0.702. The fourth-order valence-electron chi connectivity index (χ4n) is 2.84. The van der Waals surface area contributed by atoms with Gasteiger partial charge >= 0.3 is 0 Å². The van der Waals surface area contributed by atoms with Crippen molar-refractivity contribution in [1.29, 1.82) is 0 Å². The molecular weight excluding hydrogens is 202 g/mol. The number of hydrogen-bond donors (Lipinski definition) is 1. The van der Waals surface area contributed by atoms with E-state index >= 15 is 0 Å². The van der Waals surface area contributed by atoms with Crippen LogP contribution < -0.4 is 5.73 Å². The zero-order valence-electron chi connectivity index (χ0n) is 9.52. The van der Waals surface area contributed by atoms with Crippen molar-refractivity contribution in [3.05, 3.63) is 23.4 Å². The van der Waals surface area contributed by atoms with E-state index in [4.69, 9.17) is 10.5 Å². The third-order valence-electron chi connectivity index (χ3n) is 3.59. The molecule has 4 nitrogen and oxygen atoms in total. The SMILES string of the molecule is CN1Cc2nc(N)ccc2C2COCC2C1. The molecule has 0 bridgehead atoms. The van der Waals surface area contributed by atoms with Crippen molar-refractivity contribution >= 4 is 5.82 Å². The molecule has 1 saturated heterocycles. The van der Waals surface area contributed by atoms with Crippen LogP contribution in [0.3, 0.4) is 0 Å². The Morgan fingerprint density at radius 2 is 2.31 bits per heavy atom. The van der Waals surface area contributed by atoms with Gasteiger partial charge in [0.05, 0.1) is 18.9 Å². The number of pyridine rings is 1. The van der Waals surface area contributed by atoms with Gasteiger partial charge in [0.15, 0.2) is 0 Å². The maximum Gasteiger partial charge on any atom is 0.123 e. The number of anilines is 1. The summed E-state index contributed by atoms with van der Waals surface area (Å²) < 4.78 is 5.60. The van der Waals surface area contributed by atoms with E-state index in [1.54, 1.807) is 0 Å². The summed E-state index contributed by atoms with van der Waals surface area (Å²) in [5.74, 6) is 1.73. The molecular formula is C12H17N3O. The van der Waals surface area contributed by atoms with E-state index < -0.39 is 0 Å². The zero-order valence-corrected chi connectivity index (χ0v) is 9.52. The zero-order chi connectivity index (χ0) is 11.1. The van der Waals surface area contributed by atoms with Crippen LogP contribution in [0.25, 0.3) is 0 Å². The summed E-state index contributed by atoms with van der Waals surface area (Å²) in [7, 11) is 2.13. The average Bonchev–Trinajstić information content (AvgIpc) is 2.61. The highest BCUT2D eigenvalue weighted by Gasteiger charge is 2.34. The maximum absolute atomic E-state index is 5.75. The number of hydrogen-bond acceptors (Lipinski definition) is 4. The summed E-state index contributed by atoms with van der Waals surface area (Å²) in [6.45, 7) is 3.68. The lowest BCUT2D eigenvalue weighted by Gasteiger charge is -2.18. The fraction of sp³-hybridized carbons (Fsp3) is 0.583. The number of ether oxygens (including phenoxy) is 1. The lowest BCUT2D eigenvalue weighted by atomic mass is 9.89. The molecule has 0 saturated carbocycles. The predicted molar refractivity (Wildman–Crippen MR) is 62.0 cm³/mol. The Bertz CT molecular complexity index is 407. The number of nitrogens with zero attached hydrogens (tertiary/aromatic N) is 2. The first kappa shape index (κ1) is 10.1. The molecule has 16 heavy (non-hydrogen) atoms. The molecule has 2 atom stereocenters. The summed E-state index contributed by atoms with van der Waals surface area (Å²) in [6.07, 6.45) is 0. The molecule has 0 radical (unpaired) electrons. The first-order valence-corrected chi connectivity index (χ1v) is 5.75. The second kappa shape index (κ2) is 3.71. The smallest absolute Gasteiger partial charge is 0.123 e. The molecule has 0 amide bonds. The van der Waals surface area contributed by atoms with Gasteiger partial charge in [0.25, 0.3) is 0 Å². The van der Waals surface area contributed by atoms with Gasteiger partial charge in [0.2, 0.25) is 0 Å². The van der Waals surface area contributed by atoms with E-state index in [2.05, 4.69) is 23.0 Å². The molecule has 0 spiro atoms. The fourth-order valence-corrected chi connectivity index (χ4v) is 2.84. The van der Waals surface area contributed by atoms with Gasteiger partial charge in [-0.05, 0) is 18.7 Å². The summed E-state index contributed by atoms with van der Waals surface area (Å²) in [5.41, 5.74) is 8.21. The Morgan fingerprint density at radius 1 is 1.44 bits per heavy atom. The van der Waals surface area contributed by atoms with Gasteiger partial charge in [-0.1, -0.05) is 6.07 Å². The minimum atomic E-state index is 0.507. The van der Waals surface area contributed by atoms with Crippen LogP contribution >= 0.6 is 0 Å². The predicted octanol–water partition coefficient (Wildman–Crippen LogP) is 0.839. The third-order valence-corrected chi connectivity index (χ3v) is 3.59. The molecule has 2 aliphatic heterocycles. The second-order valence-electron chi connectivity index (χ2n) is 4.87. The number of nitrogens with two attached hydrogens (primary N) is 1. The molecule has 0 aliphatic carbocycles. The van der Waals surface area contributed by atoms with E-state index in [1.165, 1.54) is 5.56 Å². The Balaban J connectivity index is 2.06. The van der Waals surface area contributed by atoms with Crippen molar-refractivity contribution < 1.29 is 4.74 Å². The first-order valence-electron chi connectivity index (χ1n) is 5.75. The summed E-state index contributed by atoms with van der Waals surface area (Å²) in [5, 5.41) is 0.